The van der Waals surface area contributed by atoms with Gasteiger partial charge in [-0.05, 0) is 25.0 Å². The molecule has 0 fully saturated rings. The highest BCUT2D eigenvalue weighted by Gasteiger charge is 2.13. The molecule has 1 aromatic carbocycles. The van der Waals surface area contributed by atoms with E-state index >= 15 is 0 Å². The van der Waals surface area contributed by atoms with Crippen molar-refractivity contribution in [1.29, 1.82) is 0 Å². The Morgan fingerprint density at radius 3 is 2.53 bits per heavy atom. The number of rotatable bonds is 6. The van der Waals surface area contributed by atoms with Crippen LogP contribution in [0.2, 0.25) is 0 Å². The summed E-state index contributed by atoms with van der Waals surface area (Å²) in [5.41, 5.74) is 2.79. The summed E-state index contributed by atoms with van der Waals surface area (Å²) in [5.74, 6) is 0.538. The number of carbonyl (C=O) groups is 1. The highest BCUT2D eigenvalue weighted by molar-refractivity contribution is 5.79. The first kappa shape index (κ1) is 14.9. The van der Waals surface area contributed by atoms with Gasteiger partial charge in [0, 0.05) is 18.7 Å². The van der Waals surface area contributed by atoms with Crippen molar-refractivity contribution in [3.8, 4) is 11.5 Å². The number of ether oxygens (including phenoxy) is 2. The maximum atomic E-state index is 10.4. The van der Waals surface area contributed by atoms with Gasteiger partial charge in [-0.1, -0.05) is 6.08 Å². The molecule has 19 heavy (non-hydrogen) atoms. The van der Waals surface area contributed by atoms with Crippen molar-refractivity contribution >= 4 is 11.7 Å². The van der Waals surface area contributed by atoms with Crippen LogP contribution in [-0.2, 0) is 4.79 Å². The van der Waals surface area contributed by atoms with Crippen LogP contribution in [0.1, 0.15) is 11.1 Å². The van der Waals surface area contributed by atoms with Gasteiger partial charge >= 0.3 is 5.97 Å². The number of hydrogen-bond acceptors (Lipinski definition) is 4. The Bertz CT molecular complexity index is 495. The third-order valence-corrected chi connectivity index (χ3v) is 2.89. The monoisotopic (exact) mass is 265 g/mol. The van der Waals surface area contributed by atoms with Crippen molar-refractivity contribution in [1.82, 2.24) is 0 Å². The number of carboxylic acids is 1. The van der Waals surface area contributed by atoms with Gasteiger partial charge in [0.2, 0.25) is 0 Å². The lowest BCUT2D eigenvalue weighted by Crippen LogP contribution is -2.04. The standard InChI is InChI=1S/C14H19NO4/c1-9-10(2)14(19-4)11(8-12(9)18-3)15-7-5-6-13(16)17/h5-6,8,15H,7H2,1-4H3,(H,16,17)/b6-5+. The minimum absolute atomic E-state index is 0.397. The predicted octanol–water partition coefficient (Wildman–Crippen LogP) is 2.37. The maximum Gasteiger partial charge on any atom is 0.328 e. The van der Waals surface area contributed by atoms with Gasteiger partial charge in [-0.25, -0.2) is 4.79 Å². The summed E-state index contributed by atoms with van der Waals surface area (Å²) in [6, 6.07) is 1.84. The molecule has 0 atom stereocenters. The van der Waals surface area contributed by atoms with E-state index in [9.17, 15) is 4.79 Å². The van der Waals surface area contributed by atoms with Crippen LogP contribution >= 0.6 is 0 Å². The van der Waals surface area contributed by atoms with Crippen molar-refractivity contribution < 1.29 is 19.4 Å². The highest BCUT2D eigenvalue weighted by atomic mass is 16.5. The van der Waals surface area contributed by atoms with E-state index in [0.29, 0.717) is 6.54 Å². The summed E-state index contributed by atoms with van der Waals surface area (Å²) in [5, 5.41) is 11.6. The second-order valence-electron chi connectivity index (χ2n) is 4.03. The fourth-order valence-electron chi connectivity index (χ4n) is 1.80. The van der Waals surface area contributed by atoms with Crippen LogP contribution in [0.25, 0.3) is 0 Å². The van der Waals surface area contributed by atoms with Crippen molar-refractivity contribution in [3.05, 3.63) is 29.3 Å². The van der Waals surface area contributed by atoms with E-state index in [4.69, 9.17) is 14.6 Å². The molecule has 0 aliphatic rings. The van der Waals surface area contributed by atoms with E-state index < -0.39 is 5.97 Å². The zero-order valence-electron chi connectivity index (χ0n) is 11.6. The topological polar surface area (TPSA) is 67.8 Å². The molecule has 0 spiro atoms. The zero-order valence-corrected chi connectivity index (χ0v) is 11.6. The van der Waals surface area contributed by atoms with E-state index in [-0.39, 0.29) is 0 Å². The Balaban J connectivity index is 2.99. The molecule has 0 bridgehead atoms. The molecular formula is C14H19NO4. The molecule has 104 valence electrons. The van der Waals surface area contributed by atoms with Gasteiger partial charge in [-0.3, -0.25) is 0 Å². The van der Waals surface area contributed by atoms with E-state index in [1.165, 1.54) is 6.08 Å². The third-order valence-electron chi connectivity index (χ3n) is 2.89. The van der Waals surface area contributed by atoms with Crippen LogP contribution in [0.5, 0.6) is 11.5 Å². The number of aliphatic carboxylic acids is 1. The van der Waals surface area contributed by atoms with Crippen LogP contribution in [0.4, 0.5) is 5.69 Å². The number of methoxy groups -OCH3 is 2. The third kappa shape index (κ3) is 3.64. The minimum atomic E-state index is -0.966. The average Bonchev–Trinajstić information content (AvgIpc) is 2.38. The number of hydrogen-bond donors (Lipinski definition) is 2. The zero-order chi connectivity index (χ0) is 14.4. The van der Waals surface area contributed by atoms with Crippen molar-refractivity contribution in [2.75, 3.05) is 26.1 Å². The van der Waals surface area contributed by atoms with Gasteiger partial charge in [0.15, 0.2) is 0 Å². The molecule has 0 radical (unpaired) electrons. The molecule has 0 aromatic heterocycles. The van der Waals surface area contributed by atoms with Gasteiger partial charge in [0.25, 0.3) is 0 Å². The molecule has 0 aliphatic heterocycles. The van der Waals surface area contributed by atoms with Gasteiger partial charge in [0.05, 0.1) is 19.9 Å². The first-order valence-corrected chi connectivity index (χ1v) is 5.86. The van der Waals surface area contributed by atoms with Gasteiger partial charge < -0.3 is 19.9 Å². The average molecular weight is 265 g/mol. The molecule has 0 amide bonds. The van der Waals surface area contributed by atoms with Crippen molar-refractivity contribution in [2.24, 2.45) is 0 Å². The van der Waals surface area contributed by atoms with Gasteiger partial charge in [-0.2, -0.15) is 0 Å². The molecule has 1 aromatic rings. The SMILES string of the molecule is COc1cc(NC/C=C/C(=O)O)c(OC)c(C)c1C. The van der Waals surface area contributed by atoms with E-state index in [0.717, 1.165) is 34.4 Å². The van der Waals surface area contributed by atoms with Gasteiger partial charge in [0.1, 0.15) is 11.5 Å². The molecule has 5 heteroatoms. The summed E-state index contributed by atoms with van der Waals surface area (Å²) in [4.78, 5) is 10.4. The van der Waals surface area contributed by atoms with Crippen LogP contribution in [0.15, 0.2) is 18.2 Å². The molecule has 5 nitrogen and oxygen atoms in total. The Hall–Kier alpha value is -2.17. The summed E-state index contributed by atoms with van der Waals surface area (Å²) < 4.78 is 10.7. The lowest BCUT2D eigenvalue weighted by atomic mass is 10.1. The molecule has 0 saturated carbocycles. The van der Waals surface area contributed by atoms with E-state index in [2.05, 4.69) is 5.32 Å². The summed E-state index contributed by atoms with van der Waals surface area (Å²) >= 11 is 0. The molecule has 1 rings (SSSR count). The summed E-state index contributed by atoms with van der Waals surface area (Å²) in [6.07, 6.45) is 2.63. The number of nitrogens with one attached hydrogen (secondary N) is 1. The largest absolute Gasteiger partial charge is 0.496 e. The van der Waals surface area contributed by atoms with Crippen LogP contribution in [-0.4, -0.2) is 31.8 Å². The maximum absolute atomic E-state index is 10.4. The molecule has 0 saturated heterocycles. The fourth-order valence-corrected chi connectivity index (χ4v) is 1.80. The van der Waals surface area contributed by atoms with Gasteiger partial charge in [-0.15, -0.1) is 0 Å². The van der Waals surface area contributed by atoms with Crippen molar-refractivity contribution in [3.63, 3.8) is 0 Å². The highest BCUT2D eigenvalue weighted by Crippen LogP contribution is 2.36. The van der Waals surface area contributed by atoms with Crippen LogP contribution in [0.3, 0.4) is 0 Å². The molecule has 0 heterocycles. The first-order valence-electron chi connectivity index (χ1n) is 5.86. The lowest BCUT2D eigenvalue weighted by Gasteiger charge is -2.17. The molecule has 2 N–H and O–H groups in total. The smallest absolute Gasteiger partial charge is 0.328 e. The summed E-state index contributed by atoms with van der Waals surface area (Å²) in [6.45, 7) is 4.31. The Labute approximate surface area is 112 Å². The number of benzene rings is 1. The van der Waals surface area contributed by atoms with Crippen molar-refractivity contribution in [2.45, 2.75) is 13.8 Å². The molecule has 0 aliphatic carbocycles. The van der Waals surface area contributed by atoms with E-state index in [1.807, 2.05) is 19.9 Å². The normalized spacial score (nSPS) is 10.5. The minimum Gasteiger partial charge on any atom is -0.496 e. The molecule has 0 unspecified atom stereocenters. The second-order valence-corrected chi connectivity index (χ2v) is 4.03. The Kier molecular flexibility index (Phi) is 5.23. The first-order chi connectivity index (χ1) is 9.01. The predicted molar refractivity (Wildman–Crippen MR) is 74.3 cm³/mol. The Morgan fingerprint density at radius 1 is 1.32 bits per heavy atom. The second kappa shape index (κ2) is 6.68. The number of carboxylic acid groups (broad SMARTS) is 1. The van der Waals surface area contributed by atoms with Crippen LogP contribution in [0, 0.1) is 13.8 Å². The van der Waals surface area contributed by atoms with E-state index in [1.54, 1.807) is 14.2 Å². The van der Waals surface area contributed by atoms with Crippen LogP contribution < -0.4 is 14.8 Å². The quantitative estimate of drug-likeness (QED) is 0.773. The Morgan fingerprint density at radius 2 is 2.00 bits per heavy atom. The fraction of sp³-hybridized carbons (Fsp3) is 0.357. The lowest BCUT2D eigenvalue weighted by molar-refractivity contribution is -0.131. The summed E-state index contributed by atoms with van der Waals surface area (Å²) in [7, 11) is 3.22. The molecular weight excluding hydrogens is 246 g/mol. The number of anilines is 1.